The van der Waals surface area contributed by atoms with Gasteiger partial charge in [-0.15, -0.1) is 10.2 Å². The Labute approximate surface area is 111 Å². The zero-order chi connectivity index (χ0) is 12.4. The molecule has 18 heavy (non-hydrogen) atoms. The van der Waals surface area contributed by atoms with E-state index in [0.29, 0.717) is 17.5 Å². The van der Waals surface area contributed by atoms with E-state index in [1.807, 2.05) is 24.3 Å². The molecule has 6 heteroatoms. The summed E-state index contributed by atoms with van der Waals surface area (Å²) < 4.78 is 6.52. The lowest BCUT2D eigenvalue weighted by Crippen LogP contribution is -1.83. The fraction of sp³-hybridized carbons (Fsp3) is 0. The standard InChI is InChI=1S/C12H7BrN4O/c13-9-3-1-2-8(6-9)11-16-17-12(18-11)10-7-14-4-5-15-10/h1-7H. The summed E-state index contributed by atoms with van der Waals surface area (Å²) in [6.45, 7) is 0. The van der Waals surface area contributed by atoms with Crippen molar-refractivity contribution in [1.82, 2.24) is 20.2 Å². The topological polar surface area (TPSA) is 64.7 Å². The van der Waals surface area contributed by atoms with E-state index >= 15 is 0 Å². The Kier molecular flexibility index (Phi) is 2.85. The highest BCUT2D eigenvalue weighted by molar-refractivity contribution is 9.10. The Balaban J connectivity index is 2.00. The van der Waals surface area contributed by atoms with Crippen molar-refractivity contribution in [1.29, 1.82) is 0 Å². The van der Waals surface area contributed by atoms with Gasteiger partial charge in [0.1, 0.15) is 5.69 Å². The first-order valence-electron chi connectivity index (χ1n) is 5.19. The molecule has 0 aliphatic carbocycles. The van der Waals surface area contributed by atoms with E-state index in [4.69, 9.17) is 4.42 Å². The molecule has 0 N–H and O–H groups in total. The Morgan fingerprint density at radius 3 is 2.72 bits per heavy atom. The predicted octanol–water partition coefficient (Wildman–Crippen LogP) is 2.96. The van der Waals surface area contributed by atoms with Crippen LogP contribution in [0.15, 0.2) is 51.7 Å². The third-order valence-electron chi connectivity index (χ3n) is 2.28. The fourth-order valence-corrected chi connectivity index (χ4v) is 1.87. The van der Waals surface area contributed by atoms with Crippen LogP contribution in [0, 0.1) is 0 Å². The lowest BCUT2D eigenvalue weighted by atomic mass is 10.2. The SMILES string of the molecule is Brc1cccc(-c2nnc(-c3cnccn3)o2)c1. The van der Waals surface area contributed by atoms with Gasteiger partial charge >= 0.3 is 0 Å². The summed E-state index contributed by atoms with van der Waals surface area (Å²) in [5.41, 5.74) is 1.42. The molecule has 0 fully saturated rings. The third kappa shape index (κ3) is 2.14. The van der Waals surface area contributed by atoms with Crippen molar-refractivity contribution in [3.05, 3.63) is 47.3 Å². The summed E-state index contributed by atoms with van der Waals surface area (Å²) in [5.74, 6) is 0.815. The van der Waals surface area contributed by atoms with Crippen molar-refractivity contribution < 1.29 is 4.42 Å². The van der Waals surface area contributed by atoms with Gasteiger partial charge in [-0.1, -0.05) is 22.0 Å². The molecule has 3 rings (SSSR count). The van der Waals surface area contributed by atoms with Crippen molar-refractivity contribution in [2.75, 3.05) is 0 Å². The van der Waals surface area contributed by atoms with Crippen LogP contribution < -0.4 is 0 Å². The van der Waals surface area contributed by atoms with Crippen LogP contribution in [0.3, 0.4) is 0 Å². The smallest absolute Gasteiger partial charge is 0.268 e. The van der Waals surface area contributed by atoms with Crippen LogP contribution in [0.1, 0.15) is 0 Å². The number of benzene rings is 1. The molecule has 88 valence electrons. The van der Waals surface area contributed by atoms with Crippen LogP contribution >= 0.6 is 15.9 Å². The van der Waals surface area contributed by atoms with Gasteiger partial charge in [-0.3, -0.25) is 4.98 Å². The van der Waals surface area contributed by atoms with E-state index in [1.54, 1.807) is 18.6 Å². The molecule has 1 aromatic carbocycles. The van der Waals surface area contributed by atoms with Gasteiger partial charge < -0.3 is 4.42 Å². The van der Waals surface area contributed by atoms with E-state index < -0.39 is 0 Å². The molecule has 0 atom stereocenters. The quantitative estimate of drug-likeness (QED) is 0.728. The molecule has 0 unspecified atom stereocenters. The van der Waals surface area contributed by atoms with Crippen LogP contribution in [-0.2, 0) is 0 Å². The number of hydrogen-bond acceptors (Lipinski definition) is 5. The van der Waals surface area contributed by atoms with Crippen molar-refractivity contribution in [3.63, 3.8) is 0 Å². The second-order valence-corrected chi connectivity index (χ2v) is 4.43. The maximum atomic E-state index is 5.57. The maximum absolute atomic E-state index is 5.57. The molecular formula is C12H7BrN4O. The minimum absolute atomic E-state index is 0.359. The van der Waals surface area contributed by atoms with E-state index in [9.17, 15) is 0 Å². The van der Waals surface area contributed by atoms with E-state index in [-0.39, 0.29) is 0 Å². The molecule has 0 spiro atoms. The number of halogens is 1. The summed E-state index contributed by atoms with van der Waals surface area (Å²) in [6, 6.07) is 7.65. The lowest BCUT2D eigenvalue weighted by molar-refractivity contribution is 0.581. The first kappa shape index (κ1) is 11.0. The maximum Gasteiger partial charge on any atom is 0.268 e. The number of hydrogen-bond donors (Lipinski definition) is 0. The highest BCUT2D eigenvalue weighted by Gasteiger charge is 2.11. The normalized spacial score (nSPS) is 10.5. The van der Waals surface area contributed by atoms with Gasteiger partial charge in [0.05, 0.1) is 6.20 Å². The van der Waals surface area contributed by atoms with Gasteiger partial charge in [0, 0.05) is 22.4 Å². The molecule has 0 amide bonds. The second-order valence-electron chi connectivity index (χ2n) is 3.51. The largest absolute Gasteiger partial charge is 0.415 e. The summed E-state index contributed by atoms with van der Waals surface area (Å²) in [6.07, 6.45) is 4.76. The van der Waals surface area contributed by atoms with Crippen molar-refractivity contribution in [2.45, 2.75) is 0 Å². The number of nitrogens with zero attached hydrogens (tertiary/aromatic N) is 4. The van der Waals surface area contributed by atoms with Gasteiger partial charge in [-0.25, -0.2) is 4.98 Å². The van der Waals surface area contributed by atoms with Crippen molar-refractivity contribution in [2.24, 2.45) is 0 Å². The fourth-order valence-electron chi connectivity index (χ4n) is 1.47. The average molecular weight is 303 g/mol. The lowest BCUT2D eigenvalue weighted by Gasteiger charge is -1.95. The van der Waals surface area contributed by atoms with Gasteiger partial charge in [-0.05, 0) is 18.2 Å². The summed E-state index contributed by atoms with van der Waals surface area (Å²) in [5, 5.41) is 7.96. The Bertz CT molecular complexity index is 669. The minimum atomic E-state index is 0.359. The van der Waals surface area contributed by atoms with E-state index in [0.717, 1.165) is 10.0 Å². The second kappa shape index (κ2) is 4.66. The molecule has 0 aliphatic heterocycles. The Morgan fingerprint density at radius 2 is 1.94 bits per heavy atom. The minimum Gasteiger partial charge on any atom is -0.415 e. The molecular weight excluding hydrogens is 296 g/mol. The first-order valence-corrected chi connectivity index (χ1v) is 5.98. The molecule has 5 nitrogen and oxygen atoms in total. The zero-order valence-electron chi connectivity index (χ0n) is 9.12. The van der Waals surface area contributed by atoms with E-state index in [1.165, 1.54) is 0 Å². The van der Waals surface area contributed by atoms with Crippen LogP contribution in [0.5, 0.6) is 0 Å². The summed E-state index contributed by atoms with van der Waals surface area (Å²) >= 11 is 3.40. The summed E-state index contributed by atoms with van der Waals surface area (Å²) in [4.78, 5) is 8.06. The first-order chi connectivity index (χ1) is 8.83. The van der Waals surface area contributed by atoms with E-state index in [2.05, 4.69) is 36.1 Å². The monoisotopic (exact) mass is 302 g/mol. The molecule has 0 bridgehead atoms. The molecule has 3 aromatic rings. The van der Waals surface area contributed by atoms with Crippen LogP contribution in [0.25, 0.3) is 23.0 Å². The van der Waals surface area contributed by atoms with Crippen molar-refractivity contribution >= 4 is 15.9 Å². The molecule has 0 radical (unpaired) electrons. The Morgan fingerprint density at radius 1 is 1.06 bits per heavy atom. The Hall–Kier alpha value is -2.08. The number of aromatic nitrogens is 4. The van der Waals surface area contributed by atoms with Gasteiger partial charge in [0.2, 0.25) is 5.89 Å². The molecule has 0 saturated carbocycles. The van der Waals surface area contributed by atoms with Crippen LogP contribution in [0.2, 0.25) is 0 Å². The third-order valence-corrected chi connectivity index (χ3v) is 2.77. The highest BCUT2D eigenvalue weighted by atomic mass is 79.9. The molecule has 2 aromatic heterocycles. The van der Waals surface area contributed by atoms with Crippen LogP contribution in [0.4, 0.5) is 0 Å². The number of rotatable bonds is 2. The molecule has 0 aliphatic rings. The van der Waals surface area contributed by atoms with Crippen molar-refractivity contribution in [3.8, 4) is 23.0 Å². The summed E-state index contributed by atoms with van der Waals surface area (Å²) in [7, 11) is 0. The van der Waals surface area contributed by atoms with Gasteiger partial charge in [0.25, 0.3) is 5.89 Å². The molecule has 2 heterocycles. The van der Waals surface area contributed by atoms with Gasteiger partial charge in [-0.2, -0.15) is 0 Å². The predicted molar refractivity (Wildman–Crippen MR) is 68.5 cm³/mol. The van der Waals surface area contributed by atoms with Gasteiger partial charge in [0.15, 0.2) is 0 Å². The van der Waals surface area contributed by atoms with Crippen LogP contribution in [-0.4, -0.2) is 20.2 Å². The average Bonchev–Trinajstić information content (AvgIpc) is 2.89. The molecule has 0 saturated heterocycles. The zero-order valence-corrected chi connectivity index (χ0v) is 10.7. The highest BCUT2D eigenvalue weighted by Crippen LogP contribution is 2.24.